The number of nitrogens with zero attached hydrogens (tertiary/aromatic N) is 1. The summed E-state index contributed by atoms with van der Waals surface area (Å²) in [7, 11) is 0. The molecule has 0 atom stereocenters. The molecule has 0 aliphatic rings. The van der Waals surface area contributed by atoms with Gasteiger partial charge in [0.05, 0.1) is 0 Å². The van der Waals surface area contributed by atoms with E-state index in [-0.39, 0.29) is 14.0 Å². The van der Waals surface area contributed by atoms with Crippen LogP contribution in [0.3, 0.4) is 0 Å². The van der Waals surface area contributed by atoms with Gasteiger partial charge in [0.2, 0.25) is 0 Å². The Labute approximate surface area is 73.4 Å². The molecule has 0 aromatic heterocycles. The minimum atomic E-state index is 0. The molecule has 1 aromatic rings. The molecule has 0 aliphatic heterocycles. The Hall–Kier alpha value is -1.49. The fraction of sp³-hybridized carbons (Fsp3) is 0.300. The molecule has 0 spiro atoms. The average Bonchev–Trinajstić information content (AvgIpc) is 2.03. The van der Waals surface area contributed by atoms with Crippen LogP contribution >= 0.6 is 0 Å². The molecule has 0 aliphatic carbocycles. The van der Waals surface area contributed by atoms with Gasteiger partial charge in [0, 0.05) is 0 Å². The standard InChI is InChI=1S/C9H9NO.CH4/c1-8-4-2-3-5-9(8)11-7-6-10;/h2-5H,7H2,1H3;1H4. The second-order valence-electron chi connectivity index (χ2n) is 2.21. The van der Waals surface area contributed by atoms with Crippen LogP contribution in [0.15, 0.2) is 24.3 Å². The maximum absolute atomic E-state index is 8.24. The lowest BCUT2D eigenvalue weighted by Gasteiger charge is -2.03. The van der Waals surface area contributed by atoms with Crippen molar-refractivity contribution in [3.8, 4) is 11.8 Å². The molecular formula is C10H13NO. The van der Waals surface area contributed by atoms with E-state index in [9.17, 15) is 0 Å². The highest BCUT2D eigenvalue weighted by Gasteiger charge is 1.94. The summed E-state index contributed by atoms with van der Waals surface area (Å²) < 4.78 is 5.12. The monoisotopic (exact) mass is 163 g/mol. The Morgan fingerprint density at radius 3 is 2.67 bits per heavy atom. The zero-order valence-electron chi connectivity index (χ0n) is 6.37. The summed E-state index contributed by atoms with van der Waals surface area (Å²) in [6, 6.07) is 9.55. The molecule has 1 rings (SSSR count). The predicted molar refractivity (Wildman–Crippen MR) is 49.0 cm³/mol. The van der Waals surface area contributed by atoms with Gasteiger partial charge < -0.3 is 4.74 Å². The fourth-order valence-corrected chi connectivity index (χ4v) is 0.828. The van der Waals surface area contributed by atoms with Crippen LogP contribution in [0.1, 0.15) is 13.0 Å². The number of hydrogen-bond donors (Lipinski definition) is 0. The topological polar surface area (TPSA) is 33.0 Å². The summed E-state index contributed by atoms with van der Waals surface area (Å²) in [6.07, 6.45) is 0. The quantitative estimate of drug-likeness (QED) is 0.671. The summed E-state index contributed by atoms with van der Waals surface area (Å²) in [5.41, 5.74) is 1.06. The van der Waals surface area contributed by atoms with Crippen LogP contribution in [0.5, 0.6) is 5.75 Å². The van der Waals surface area contributed by atoms with Gasteiger partial charge in [0.15, 0.2) is 6.61 Å². The summed E-state index contributed by atoms with van der Waals surface area (Å²) >= 11 is 0. The molecular weight excluding hydrogens is 150 g/mol. The molecule has 0 saturated heterocycles. The van der Waals surface area contributed by atoms with E-state index in [0.29, 0.717) is 0 Å². The van der Waals surface area contributed by atoms with Crippen molar-refractivity contribution in [1.29, 1.82) is 5.26 Å². The third-order valence-corrected chi connectivity index (χ3v) is 1.39. The van der Waals surface area contributed by atoms with Crippen molar-refractivity contribution in [2.75, 3.05) is 6.61 Å². The third-order valence-electron chi connectivity index (χ3n) is 1.39. The Balaban J connectivity index is 0.00000121. The number of para-hydroxylation sites is 1. The minimum absolute atomic E-state index is 0. The van der Waals surface area contributed by atoms with Crippen LogP contribution in [0, 0.1) is 18.3 Å². The lowest BCUT2D eigenvalue weighted by atomic mass is 10.2. The van der Waals surface area contributed by atoms with Crippen molar-refractivity contribution in [2.45, 2.75) is 14.4 Å². The Kier molecular flexibility index (Phi) is 4.55. The van der Waals surface area contributed by atoms with Gasteiger partial charge in [-0.15, -0.1) is 0 Å². The van der Waals surface area contributed by atoms with Crippen LogP contribution in [0.25, 0.3) is 0 Å². The van der Waals surface area contributed by atoms with Crippen LogP contribution < -0.4 is 4.74 Å². The summed E-state index contributed by atoms with van der Waals surface area (Å²) in [6.45, 7) is 2.07. The molecule has 12 heavy (non-hydrogen) atoms. The second-order valence-corrected chi connectivity index (χ2v) is 2.21. The largest absolute Gasteiger partial charge is 0.478 e. The highest BCUT2D eigenvalue weighted by atomic mass is 16.5. The SMILES string of the molecule is C.Cc1ccccc1OCC#N. The molecule has 64 valence electrons. The number of aryl methyl sites for hydroxylation is 1. The first-order valence-electron chi connectivity index (χ1n) is 3.40. The van der Waals surface area contributed by atoms with E-state index in [0.717, 1.165) is 11.3 Å². The summed E-state index contributed by atoms with van der Waals surface area (Å²) in [4.78, 5) is 0. The molecule has 0 heterocycles. The van der Waals surface area contributed by atoms with Crippen molar-refractivity contribution < 1.29 is 4.74 Å². The van der Waals surface area contributed by atoms with E-state index in [1.54, 1.807) is 0 Å². The highest BCUT2D eigenvalue weighted by Crippen LogP contribution is 2.15. The van der Waals surface area contributed by atoms with Crippen molar-refractivity contribution in [2.24, 2.45) is 0 Å². The van der Waals surface area contributed by atoms with Gasteiger partial charge >= 0.3 is 0 Å². The van der Waals surface area contributed by atoms with Gasteiger partial charge in [0.25, 0.3) is 0 Å². The van der Waals surface area contributed by atoms with Crippen LogP contribution in [-0.4, -0.2) is 6.61 Å². The summed E-state index contributed by atoms with van der Waals surface area (Å²) in [5, 5.41) is 8.24. The van der Waals surface area contributed by atoms with Crippen molar-refractivity contribution in [3.05, 3.63) is 29.8 Å². The molecule has 0 N–H and O–H groups in total. The molecule has 0 amide bonds. The van der Waals surface area contributed by atoms with Gasteiger partial charge in [-0.25, -0.2) is 0 Å². The first-order valence-corrected chi connectivity index (χ1v) is 3.40. The van der Waals surface area contributed by atoms with Gasteiger partial charge in [-0.1, -0.05) is 25.6 Å². The molecule has 0 saturated carbocycles. The maximum Gasteiger partial charge on any atom is 0.174 e. The van der Waals surface area contributed by atoms with Crippen LogP contribution in [-0.2, 0) is 0 Å². The van der Waals surface area contributed by atoms with E-state index in [2.05, 4.69) is 0 Å². The zero-order valence-corrected chi connectivity index (χ0v) is 6.37. The van der Waals surface area contributed by atoms with E-state index in [1.165, 1.54) is 0 Å². The van der Waals surface area contributed by atoms with Crippen LogP contribution in [0.4, 0.5) is 0 Å². The molecule has 0 bridgehead atoms. The minimum Gasteiger partial charge on any atom is -0.478 e. The lowest BCUT2D eigenvalue weighted by molar-refractivity contribution is 0.365. The fourth-order valence-electron chi connectivity index (χ4n) is 0.828. The van der Waals surface area contributed by atoms with E-state index < -0.39 is 0 Å². The van der Waals surface area contributed by atoms with Crippen molar-refractivity contribution >= 4 is 0 Å². The van der Waals surface area contributed by atoms with E-state index >= 15 is 0 Å². The van der Waals surface area contributed by atoms with Crippen molar-refractivity contribution in [3.63, 3.8) is 0 Å². The molecule has 0 fully saturated rings. The van der Waals surface area contributed by atoms with Gasteiger partial charge in [0.1, 0.15) is 11.8 Å². The number of benzene rings is 1. The molecule has 2 heteroatoms. The van der Waals surface area contributed by atoms with E-state index in [4.69, 9.17) is 10.00 Å². The first-order chi connectivity index (χ1) is 5.34. The van der Waals surface area contributed by atoms with Gasteiger partial charge in [-0.3, -0.25) is 0 Å². The third kappa shape index (κ3) is 2.63. The molecule has 0 radical (unpaired) electrons. The smallest absolute Gasteiger partial charge is 0.174 e. The summed E-state index contributed by atoms with van der Waals surface area (Å²) in [5.74, 6) is 0.786. The Morgan fingerprint density at radius 2 is 2.08 bits per heavy atom. The normalized spacial score (nSPS) is 8.00. The van der Waals surface area contributed by atoms with Crippen molar-refractivity contribution in [1.82, 2.24) is 0 Å². The Morgan fingerprint density at radius 1 is 1.42 bits per heavy atom. The first kappa shape index (κ1) is 10.5. The molecule has 0 unspecified atom stereocenters. The Bertz CT molecular complexity index is 275. The number of rotatable bonds is 2. The number of hydrogen-bond acceptors (Lipinski definition) is 2. The van der Waals surface area contributed by atoms with Crippen LogP contribution in [0.2, 0.25) is 0 Å². The lowest BCUT2D eigenvalue weighted by Crippen LogP contribution is -1.94. The maximum atomic E-state index is 8.24. The van der Waals surface area contributed by atoms with Gasteiger partial charge in [-0.05, 0) is 18.6 Å². The highest BCUT2D eigenvalue weighted by molar-refractivity contribution is 5.31. The second kappa shape index (κ2) is 5.20. The number of nitriles is 1. The predicted octanol–water partition coefficient (Wildman–Crippen LogP) is 2.53. The average molecular weight is 163 g/mol. The molecule has 2 nitrogen and oxygen atoms in total. The van der Waals surface area contributed by atoms with E-state index in [1.807, 2.05) is 37.3 Å². The number of ether oxygens (including phenoxy) is 1. The van der Waals surface area contributed by atoms with Gasteiger partial charge in [-0.2, -0.15) is 5.26 Å². The molecule has 1 aromatic carbocycles. The zero-order chi connectivity index (χ0) is 8.10.